The minimum atomic E-state index is 0.658. The molecule has 0 atom stereocenters. The van der Waals surface area contributed by atoms with E-state index in [0.29, 0.717) is 5.92 Å². The summed E-state index contributed by atoms with van der Waals surface area (Å²) in [5.41, 5.74) is 4.69. The van der Waals surface area contributed by atoms with Crippen molar-refractivity contribution in [2.45, 2.75) is 66.2 Å². The number of hydrogen-bond acceptors (Lipinski definition) is 0. The molecule has 0 nitrogen and oxygen atoms in total. The van der Waals surface area contributed by atoms with Gasteiger partial charge in [0.1, 0.15) is 0 Å². The van der Waals surface area contributed by atoms with Crippen LogP contribution in [0.25, 0.3) is 0 Å². The van der Waals surface area contributed by atoms with Crippen LogP contribution < -0.4 is 0 Å². The van der Waals surface area contributed by atoms with Crippen molar-refractivity contribution in [1.29, 1.82) is 0 Å². The summed E-state index contributed by atoms with van der Waals surface area (Å²) in [6.45, 7) is 9.02. The topological polar surface area (TPSA) is 0 Å². The molecule has 0 spiro atoms. The summed E-state index contributed by atoms with van der Waals surface area (Å²) in [5, 5.41) is 0. The Balaban J connectivity index is 2.40. The summed E-state index contributed by atoms with van der Waals surface area (Å²) in [4.78, 5) is 0. The van der Waals surface area contributed by atoms with Crippen LogP contribution in [0, 0.1) is 5.92 Å². The first-order valence-corrected chi connectivity index (χ1v) is 7.19. The van der Waals surface area contributed by atoms with Gasteiger partial charge in [0.2, 0.25) is 0 Å². The van der Waals surface area contributed by atoms with Crippen molar-refractivity contribution < 1.29 is 0 Å². The molecule has 1 saturated carbocycles. The van der Waals surface area contributed by atoms with E-state index in [9.17, 15) is 0 Å². The van der Waals surface area contributed by atoms with E-state index < -0.39 is 0 Å². The Morgan fingerprint density at radius 3 is 2.41 bits per heavy atom. The molecule has 0 aromatic rings. The minimum absolute atomic E-state index is 0.658. The Morgan fingerprint density at radius 2 is 1.94 bits per heavy atom. The molecule has 0 unspecified atom stereocenters. The van der Waals surface area contributed by atoms with Gasteiger partial charge in [-0.05, 0) is 56.9 Å². The molecule has 1 fully saturated rings. The molecule has 0 heterocycles. The lowest BCUT2D eigenvalue weighted by atomic mass is 9.91. The second-order valence-electron chi connectivity index (χ2n) is 5.47. The quantitative estimate of drug-likeness (QED) is 0.308. The van der Waals surface area contributed by atoms with Crippen molar-refractivity contribution >= 4 is 0 Å². The number of hydrogen-bond donors (Lipinski definition) is 0. The third kappa shape index (κ3) is 5.39. The summed E-state index contributed by atoms with van der Waals surface area (Å²) < 4.78 is 0. The molecule has 0 radical (unpaired) electrons. The van der Waals surface area contributed by atoms with E-state index in [2.05, 4.69) is 45.9 Å². The Labute approximate surface area is 108 Å². The molecule has 0 bridgehead atoms. The lowest BCUT2D eigenvalue weighted by Crippen LogP contribution is -1.95. The van der Waals surface area contributed by atoms with Gasteiger partial charge in [0.25, 0.3) is 0 Å². The molecule has 0 saturated heterocycles. The second-order valence-corrected chi connectivity index (χ2v) is 5.47. The van der Waals surface area contributed by atoms with E-state index in [-0.39, 0.29) is 0 Å². The zero-order chi connectivity index (χ0) is 12.7. The van der Waals surface area contributed by atoms with E-state index in [1.807, 2.05) is 0 Å². The standard InChI is InChI=1S/C17H28/c1-5-17(13-14(2)3)15(4)9-6-7-10-16-11-8-12-16/h9-10,13-14H,5-8,11-12H2,1-4H3. The Bertz CT molecular complexity index is 307. The maximum atomic E-state index is 2.45. The van der Waals surface area contributed by atoms with Gasteiger partial charge in [-0.25, -0.2) is 0 Å². The van der Waals surface area contributed by atoms with Gasteiger partial charge in [0.05, 0.1) is 0 Å². The largest absolute Gasteiger partial charge is 0.0850 e. The van der Waals surface area contributed by atoms with Gasteiger partial charge in [-0.1, -0.05) is 50.1 Å². The van der Waals surface area contributed by atoms with Crippen LogP contribution in [0.5, 0.6) is 0 Å². The molecule has 0 aromatic heterocycles. The smallest absolute Gasteiger partial charge is 0.0285 e. The maximum Gasteiger partial charge on any atom is -0.0285 e. The summed E-state index contributed by atoms with van der Waals surface area (Å²) in [6, 6.07) is 0. The molecular formula is C17H28. The van der Waals surface area contributed by atoms with Gasteiger partial charge >= 0.3 is 0 Å². The summed E-state index contributed by atoms with van der Waals surface area (Å²) >= 11 is 0. The number of allylic oxidation sites excluding steroid dienone is 6. The highest BCUT2D eigenvalue weighted by Crippen LogP contribution is 2.26. The van der Waals surface area contributed by atoms with Gasteiger partial charge in [-0.2, -0.15) is 0 Å². The summed E-state index contributed by atoms with van der Waals surface area (Å²) in [7, 11) is 0. The molecule has 0 aromatic carbocycles. The predicted molar refractivity (Wildman–Crippen MR) is 78.1 cm³/mol. The number of unbranched alkanes of at least 4 members (excludes halogenated alkanes) is 1. The first kappa shape index (κ1) is 14.3. The van der Waals surface area contributed by atoms with Crippen molar-refractivity contribution in [2.75, 3.05) is 0 Å². The molecule has 17 heavy (non-hydrogen) atoms. The highest BCUT2D eigenvalue weighted by Gasteiger charge is 2.06. The van der Waals surface area contributed by atoms with Crippen LogP contribution >= 0.6 is 0 Å². The highest BCUT2D eigenvalue weighted by atomic mass is 14.1. The van der Waals surface area contributed by atoms with Crippen LogP contribution in [0.2, 0.25) is 0 Å². The van der Waals surface area contributed by atoms with E-state index in [0.717, 1.165) is 6.42 Å². The monoisotopic (exact) mass is 232 g/mol. The van der Waals surface area contributed by atoms with Crippen LogP contribution in [-0.4, -0.2) is 0 Å². The van der Waals surface area contributed by atoms with Gasteiger partial charge in [0, 0.05) is 0 Å². The maximum absolute atomic E-state index is 2.45. The predicted octanol–water partition coefficient (Wildman–Crippen LogP) is 5.82. The Morgan fingerprint density at radius 1 is 1.24 bits per heavy atom. The molecule has 1 aliphatic rings. The normalized spacial score (nSPS) is 17.4. The molecule has 1 aliphatic carbocycles. The fourth-order valence-corrected chi connectivity index (χ4v) is 2.23. The van der Waals surface area contributed by atoms with Crippen molar-refractivity contribution in [3.05, 3.63) is 34.9 Å². The molecule has 0 heteroatoms. The average Bonchev–Trinajstić information content (AvgIpc) is 2.22. The molecule has 96 valence electrons. The van der Waals surface area contributed by atoms with E-state index in [4.69, 9.17) is 0 Å². The zero-order valence-corrected chi connectivity index (χ0v) is 12.1. The highest BCUT2D eigenvalue weighted by molar-refractivity contribution is 5.29. The summed E-state index contributed by atoms with van der Waals surface area (Å²) in [5.74, 6) is 0.658. The van der Waals surface area contributed by atoms with E-state index in [1.165, 1.54) is 43.3 Å². The lowest BCUT2D eigenvalue weighted by Gasteiger charge is -2.15. The molecular weight excluding hydrogens is 204 g/mol. The number of rotatable bonds is 6. The van der Waals surface area contributed by atoms with Crippen LogP contribution in [0.3, 0.4) is 0 Å². The van der Waals surface area contributed by atoms with Crippen LogP contribution in [0.1, 0.15) is 66.2 Å². The second kappa shape index (κ2) is 7.53. The SMILES string of the molecule is CCC(=CC(C)C)C(C)=CCCC=C1CCC1. The first-order valence-electron chi connectivity index (χ1n) is 7.19. The third-order valence-corrected chi connectivity index (χ3v) is 3.47. The van der Waals surface area contributed by atoms with Gasteiger partial charge in [0.15, 0.2) is 0 Å². The first-order chi connectivity index (χ1) is 8.13. The van der Waals surface area contributed by atoms with E-state index in [1.54, 1.807) is 5.57 Å². The zero-order valence-electron chi connectivity index (χ0n) is 12.1. The van der Waals surface area contributed by atoms with Crippen molar-refractivity contribution in [2.24, 2.45) is 5.92 Å². The van der Waals surface area contributed by atoms with Gasteiger partial charge < -0.3 is 0 Å². The van der Waals surface area contributed by atoms with Crippen LogP contribution in [-0.2, 0) is 0 Å². The van der Waals surface area contributed by atoms with Crippen molar-refractivity contribution in [3.63, 3.8) is 0 Å². The molecule has 1 rings (SSSR count). The van der Waals surface area contributed by atoms with Crippen LogP contribution in [0.15, 0.2) is 34.9 Å². The fraction of sp³-hybridized carbons (Fsp3) is 0.647. The van der Waals surface area contributed by atoms with Crippen molar-refractivity contribution in [1.82, 2.24) is 0 Å². The van der Waals surface area contributed by atoms with Gasteiger partial charge in [-0.3, -0.25) is 0 Å². The average molecular weight is 232 g/mol. The lowest BCUT2D eigenvalue weighted by molar-refractivity contribution is 0.655. The third-order valence-electron chi connectivity index (χ3n) is 3.47. The van der Waals surface area contributed by atoms with Crippen LogP contribution in [0.4, 0.5) is 0 Å². The minimum Gasteiger partial charge on any atom is -0.0850 e. The molecule has 0 aliphatic heterocycles. The van der Waals surface area contributed by atoms with E-state index >= 15 is 0 Å². The van der Waals surface area contributed by atoms with Crippen molar-refractivity contribution in [3.8, 4) is 0 Å². The Kier molecular flexibility index (Phi) is 6.32. The van der Waals surface area contributed by atoms with Gasteiger partial charge in [-0.15, -0.1) is 0 Å². The Hall–Kier alpha value is -0.780. The summed E-state index contributed by atoms with van der Waals surface area (Å²) in [6.07, 6.45) is 15.0. The molecule has 0 N–H and O–H groups in total. The molecule has 0 amide bonds. The fourth-order valence-electron chi connectivity index (χ4n) is 2.23.